The van der Waals surface area contributed by atoms with E-state index in [1.54, 1.807) is 0 Å². The number of ketones is 1. The van der Waals surface area contributed by atoms with E-state index in [2.05, 4.69) is 38.4 Å². The van der Waals surface area contributed by atoms with E-state index in [1.165, 1.54) is 5.56 Å². The van der Waals surface area contributed by atoms with Crippen molar-refractivity contribution in [2.24, 2.45) is 5.92 Å². The summed E-state index contributed by atoms with van der Waals surface area (Å²) in [5.74, 6) is 0.657. The minimum Gasteiger partial charge on any atom is -0.360 e. The van der Waals surface area contributed by atoms with Crippen LogP contribution < -0.4 is 5.32 Å². The SMILES string of the molecule is O=C(C[C@H]1CCN[C@H](Cc2ccc(Cl)cc2)C1)c1c[nH]c2ccc(Br)cc12. The zero-order chi connectivity index (χ0) is 18.8. The number of aromatic nitrogens is 1. The molecule has 2 atom stereocenters. The Labute approximate surface area is 172 Å². The lowest BCUT2D eigenvalue weighted by Gasteiger charge is -2.30. The molecule has 1 saturated heterocycles. The second kappa shape index (κ2) is 8.17. The van der Waals surface area contributed by atoms with E-state index in [-0.39, 0.29) is 5.78 Å². The third-order valence-corrected chi connectivity index (χ3v) is 6.16. The maximum absolute atomic E-state index is 12.9. The summed E-state index contributed by atoms with van der Waals surface area (Å²) in [4.78, 5) is 16.1. The molecule has 1 aromatic heterocycles. The van der Waals surface area contributed by atoms with Crippen LogP contribution in [0.5, 0.6) is 0 Å². The number of H-pyrrole nitrogens is 1. The zero-order valence-corrected chi connectivity index (χ0v) is 17.3. The number of hydrogen-bond donors (Lipinski definition) is 2. The van der Waals surface area contributed by atoms with Gasteiger partial charge in [0.25, 0.3) is 0 Å². The fourth-order valence-corrected chi connectivity index (χ4v) is 4.52. The highest BCUT2D eigenvalue weighted by molar-refractivity contribution is 9.10. The van der Waals surface area contributed by atoms with Crippen molar-refractivity contribution < 1.29 is 4.79 Å². The van der Waals surface area contributed by atoms with E-state index in [0.29, 0.717) is 18.4 Å². The molecule has 1 fully saturated rings. The first kappa shape index (κ1) is 18.7. The Kier molecular flexibility index (Phi) is 5.67. The minimum absolute atomic E-state index is 0.233. The van der Waals surface area contributed by atoms with Gasteiger partial charge in [0, 0.05) is 44.6 Å². The van der Waals surface area contributed by atoms with Crippen LogP contribution in [0.4, 0.5) is 0 Å². The quantitative estimate of drug-likeness (QED) is 0.490. The van der Waals surface area contributed by atoms with E-state index in [0.717, 1.165) is 51.8 Å². The first-order valence-corrected chi connectivity index (χ1v) is 10.5. The summed E-state index contributed by atoms with van der Waals surface area (Å²) in [5.41, 5.74) is 3.09. The van der Waals surface area contributed by atoms with Crippen molar-refractivity contribution in [1.29, 1.82) is 0 Å². The number of halogens is 2. The monoisotopic (exact) mass is 444 g/mol. The van der Waals surface area contributed by atoms with Crippen molar-refractivity contribution in [3.8, 4) is 0 Å². The standard InChI is InChI=1S/C22H22BrClN2O/c23-16-3-6-21-19(12-16)20(13-26-21)22(27)11-15-7-8-25-18(10-15)9-14-1-4-17(24)5-2-14/h1-6,12-13,15,18,25-26H,7-11H2/t15-,18+/m0/s1. The predicted octanol–water partition coefficient (Wildman–Crippen LogP) is 5.77. The Balaban J connectivity index is 1.41. The van der Waals surface area contributed by atoms with Gasteiger partial charge >= 0.3 is 0 Å². The molecule has 0 amide bonds. The van der Waals surface area contributed by atoms with Gasteiger partial charge in [-0.15, -0.1) is 0 Å². The number of hydrogen-bond acceptors (Lipinski definition) is 2. The Morgan fingerprint density at radius 1 is 1.19 bits per heavy atom. The van der Waals surface area contributed by atoms with E-state index in [4.69, 9.17) is 11.6 Å². The summed E-state index contributed by atoms with van der Waals surface area (Å²) in [6.07, 6.45) is 5.52. The first-order chi connectivity index (χ1) is 13.1. The topological polar surface area (TPSA) is 44.9 Å². The smallest absolute Gasteiger partial charge is 0.165 e. The number of nitrogens with one attached hydrogen (secondary N) is 2. The highest BCUT2D eigenvalue weighted by atomic mass is 79.9. The number of carbonyl (C=O) groups is 1. The molecule has 0 aliphatic carbocycles. The number of carbonyl (C=O) groups excluding carboxylic acids is 1. The van der Waals surface area contributed by atoms with Crippen LogP contribution in [0, 0.1) is 5.92 Å². The van der Waals surface area contributed by atoms with Crippen LogP contribution >= 0.6 is 27.5 Å². The highest BCUT2D eigenvalue weighted by Crippen LogP contribution is 2.28. The number of Topliss-reactive ketones (excluding diaryl/α,β-unsaturated/α-hetero) is 1. The van der Waals surface area contributed by atoms with Crippen LogP contribution in [0.15, 0.2) is 53.1 Å². The molecule has 3 aromatic rings. The number of aromatic amines is 1. The molecule has 2 N–H and O–H groups in total. The molecule has 140 valence electrons. The number of rotatable bonds is 5. The van der Waals surface area contributed by atoms with Crippen molar-refractivity contribution in [3.05, 3.63) is 69.3 Å². The maximum Gasteiger partial charge on any atom is 0.165 e. The van der Waals surface area contributed by atoms with E-state index in [9.17, 15) is 4.79 Å². The van der Waals surface area contributed by atoms with Crippen LogP contribution in [0.3, 0.4) is 0 Å². The molecule has 0 radical (unpaired) electrons. The predicted molar refractivity (Wildman–Crippen MR) is 115 cm³/mol. The van der Waals surface area contributed by atoms with Crippen LogP contribution in [-0.4, -0.2) is 23.4 Å². The molecule has 2 heterocycles. The molecular weight excluding hydrogens is 424 g/mol. The van der Waals surface area contributed by atoms with Crippen molar-refractivity contribution in [3.63, 3.8) is 0 Å². The number of benzene rings is 2. The first-order valence-electron chi connectivity index (χ1n) is 9.36. The fraction of sp³-hybridized carbons (Fsp3) is 0.318. The average Bonchev–Trinajstić information content (AvgIpc) is 3.07. The third kappa shape index (κ3) is 4.45. The Morgan fingerprint density at radius 3 is 2.81 bits per heavy atom. The molecule has 27 heavy (non-hydrogen) atoms. The molecule has 2 aromatic carbocycles. The van der Waals surface area contributed by atoms with Gasteiger partial charge in [-0.25, -0.2) is 0 Å². The Morgan fingerprint density at radius 2 is 2.00 bits per heavy atom. The average molecular weight is 446 g/mol. The summed E-state index contributed by atoms with van der Waals surface area (Å²) in [6, 6.07) is 14.5. The largest absolute Gasteiger partial charge is 0.360 e. The Bertz CT molecular complexity index is 951. The van der Waals surface area contributed by atoms with Gasteiger partial charge in [-0.05, 0) is 67.6 Å². The zero-order valence-electron chi connectivity index (χ0n) is 15.0. The number of fused-ring (bicyclic) bond motifs is 1. The van der Waals surface area contributed by atoms with Crippen molar-refractivity contribution >= 4 is 44.2 Å². The summed E-state index contributed by atoms with van der Waals surface area (Å²) in [7, 11) is 0. The fourth-order valence-electron chi connectivity index (χ4n) is 4.04. The molecule has 0 saturated carbocycles. The van der Waals surface area contributed by atoms with Gasteiger partial charge in [0.1, 0.15) is 0 Å². The summed E-state index contributed by atoms with van der Waals surface area (Å²) < 4.78 is 0.994. The van der Waals surface area contributed by atoms with Gasteiger partial charge < -0.3 is 10.3 Å². The molecule has 5 heteroatoms. The van der Waals surface area contributed by atoms with Gasteiger partial charge in [-0.1, -0.05) is 39.7 Å². The van der Waals surface area contributed by atoms with Crippen molar-refractivity contribution in [1.82, 2.24) is 10.3 Å². The van der Waals surface area contributed by atoms with Crippen molar-refractivity contribution in [2.75, 3.05) is 6.54 Å². The Hall–Kier alpha value is -1.62. The third-order valence-electron chi connectivity index (χ3n) is 5.42. The van der Waals surface area contributed by atoms with Gasteiger partial charge in [-0.2, -0.15) is 0 Å². The second-order valence-electron chi connectivity index (χ2n) is 7.39. The maximum atomic E-state index is 12.9. The van der Waals surface area contributed by atoms with E-state index < -0.39 is 0 Å². The van der Waals surface area contributed by atoms with Crippen molar-refractivity contribution in [2.45, 2.75) is 31.7 Å². The second-order valence-corrected chi connectivity index (χ2v) is 8.74. The number of piperidine rings is 1. The summed E-state index contributed by atoms with van der Waals surface area (Å²) >= 11 is 9.48. The molecule has 0 unspecified atom stereocenters. The molecule has 1 aliphatic rings. The van der Waals surface area contributed by atoms with Gasteiger partial charge in [0.05, 0.1) is 0 Å². The van der Waals surface area contributed by atoms with Gasteiger partial charge in [-0.3, -0.25) is 4.79 Å². The van der Waals surface area contributed by atoms with Gasteiger partial charge in [0.2, 0.25) is 0 Å². The van der Waals surface area contributed by atoms with Crippen LogP contribution in [0.1, 0.15) is 35.2 Å². The summed E-state index contributed by atoms with van der Waals surface area (Å²) in [5, 5.41) is 5.37. The van der Waals surface area contributed by atoms with E-state index >= 15 is 0 Å². The molecule has 4 rings (SSSR count). The molecule has 0 spiro atoms. The normalized spacial score (nSPS) is 20.1. The lowest BCUT2D eigenvalue weighted by Crippen LogP contribution is -2.40. The van der Waals surface area contributed by atoms with Crippen LogP contribution in [0.2, 0.25) is 5.02 Å². The molecule has 1 aliphatic heterocycles. The minimum atomic E-state index is 0.233. The molecule has 0 bridgehead atoms. The highest BCUT2D eigenvalue weighted by Gasteiger charge is 2.25. The lowest BCUT2D eigenvalue weighted by molar-refractivity contribution is 0.0948. The molecular formula is C22H22BrClN2O. The summed E-state index contributed by atoms with van der Waals surface area (Å²) in [6.45, 7) is 0.968. The van der Waals surface area contributed by atoms with Crippen LogP contribution in [0.25, 0.3) is 10.9 Å². The van der Waals surface area contributed by atoms with Gasteiger partial charge in [0.15, 0.2) is 5.78 Å². The van der Waals surface area contributed by atoms with E-state index in [1.807, 2.05) is 36.5 Å². The lowest BCUT2D eigenvalue weighted by atomic mass is 9.85. The molecule has 3 nitrogen and oxygen atoms in total. The van der Waals surface area contributed by atoms with Crippen LogP contribution in [-0.2, 0) is 6.42 Å².